The summed E-state index contributed by atoms with van der Waals surface area (Å²) in [6.45, 7) is 2.56. The molecule has 0 fully saturated rings. The lowest BCUT2D eigenvalue weighted by Gasteiger charge is -2.25. The second-order valence-electron chi connectivity index (χ2n) is 3.05. The van der Waals surface area contributed by atoms with E-state index in [2.05, 4.69) is 0 Å². The van der Waals surface area contributed by atoms with E-state index >= 15 is 0 Å². The maximum Gasteiger partial charge on any atom is 0.164 e. The second kappa shape index (κ2) is 3.24. The Morgan fingerprint density at radius 2 is 2.31 bits per heavy atom. The Kier molecular flexibility index (Phi) is 2.08. The molecule has 2 nitrogen and oxygen atoms in total. The van der Waals surface area contributed by atoms with Crippen LogP contribution in [0, 0.1) is 5.82 Å². The molecule has 3 heteroatoms. The zero-order valence-electron chi connectivity index (χ0n) is 7.42. The molecular formula is C10H11FO2. The van der Waals surface area contributed by atoms with Gasteiger partial charge in [-0.05, 0) is 18.6 Å². The van der Waals surface area contributed by atoms with E-state index in [1.54, 1.807) is 6.07 Å². The highest BCUT2D eigenvalue weighted by atomic mass is 19.1. The Hall–Kier alpha value is -1.25. The van der Waals surface area contributed by atoms with Crippen LogP contribution < -0.4 is 9.47 Å². The van der Waals surface area contributed by atoms with E-state index in [1.165, 1.54) is 12.1 Å². The van der Waals surface area contributed by atoms with Crippen molar-refractivity contribution in [2.45, 2.75) is 19.4 Å². The van der Waals surface area contributed by atoms with Gasteiger partial charge in [0.25, 0.3) is 0 Å². The Balaban J connectivity index is 2.27. The number of fused-ring (bicyclic) bond motifs is 1. The van der Waals surface area contributed by atoms with Crippen LogP contribution in [0.25, 0.3) is 0 Å². The van der Waals surface area contributed by atoms with E-state index < -0.39 is 0 Å². The summed E-state index contributed by atoms with van der Waals surface area (Å²) in [5.41, 5.74) is 0. The van der Waals surface area contributed by atoms with Gasteiger partial charge in [0.2, 0.25) is 0 Å². The van der Waals surface area contributed by atoms with Crippen molar-refractivity contribution in [1.29, 1.82) is 0 Å². The van der Waals surface area contributed by atoms with Gasteiger partial charge in [-0.15, -0.1) is 0 Å². The zero-order chi connectivity index (χ0) is 9.26. The van der Waals surface area contributed by atoms with Gasteiger partial charge in [-0.2, -0.15) is 0 Å². The van der Waals surface area contributed by atoms with Crippen molar-refractivity contribution in [2.24, 2.45) is 0 Å². The molecule has 0 aliphatic carbocycles. The number of benzene rings is 1. The van der Waals surface area contributed by atoms with Crippen molar-refractivity contribution >= 4 is 0 Å². The summed E-state index contributed by atoms with van der Waals surface area (Å²) in [6.07, 6.45) is 0.921. The molecule has 0 aromatic heterocycles. The lowest BCUT2D eigenvalue weighted by Crippen LogP contribution is -2.28. The minimum Gasteiger partial charge on any atom is -0.486 e. The number of halogens is 1. The minimum atomic E-state index is -0.292. The largest absolute Gasteiger partial charge is 0.486 e. The molecule has 0 saturated heterocycles. The Bertz CT molecular complexity index is 312. The van der Waals surface area contributed by atoms with Crippen molar-refractivity contribution in [3.8, 4) is 11.5 Å². The molecule has 0 radical (unpaired) electrons. The first-order chi connectivity index (χ1) is 6.29. The van der Waals surface area contributed by atoms with Crippen molar-refractivity contribution in [3.05, 3.63) is 24.0 Å². The molecule has 0 spiro atoms. The van der Waals surface area contributed by atoms with Crippen LogP contribution >= 0.6 is 0 Å². The first-order valence-electron chi connectivity index (χ1n) is 4.38. The topological polar surface area (TPSA) is 18.5 Å². The van der Waals surface area contributed by atoms with Crippen LogP contribution in [0.3, 0.4) is 0 Å². The molecule has 13 heavy (non-hydrogen) atoms. The van der Waals surface area contributed by atoms with E-state index in [4.69, 9.17) is 9.47 Å². The van der Waals surface area contributed by atoms with Crippen LogP contribution in [0.15, 0.2) is 18.2 Å². The summed E-state index contributed by atoms with van der Waals surface area (Å²) in [5.74, 6) is 0.850. The van der Waals surface area contributed by atoms with Gasteiger partial charge in [0, 0.05) is 6.07 Å². The first-order valence-corrected chi connectivity index (χ1v) is 4.38. The normalized spacial score (nSPS) is 20.0. The van der Waals surface area contributed by atoms with Crippen LogP contribution in [-0.2, 0) is 0 Å². The van der Waals surface area contributed by atoms with Gasteiger partial charge in [-0.25, -0.2) is 4.39 Å². The summed E-state index contributed by atoms with van der Waals surface area (Å²) in [5, 5.41) is 0. The monoisotopic (exact) mass is 182 g/mol. The highest BCUT2D eigenvalue weighted by Crippen LogP contribution is 2.32. The van der Waals surface area contributed by atoms with Crippen LogP contribution in [-0.4, -0.2) is 12.7 Å². The molecule has 0 saturated carbocycles. The maximum atomic E-state index is 12.8. The predicted molar refractivity (Wildman–Crippen MR) is 46.6 cm³/mol. The van der Waals surface area contributed by atoms with Crippen molar-refractivity contribution in [1.82, 2.24) is 0 Å². The fourth-order valence-electron chi connectivity index (χ4n) is 1.29. The van der Waals surface area contributed by atoms with Gasteiger partial charge in [-0.3, -0.25) is 0 Å². The molecule has 2 rings (SSSR count). The predicted octanol–water partition coefficient (Wildman–Crippen LogP) is 2.38. The van der Waals surface area contributed by atoms with E-state index in [-0.39, 0.29) is 11.9 Å². The summed E-state index contributed by atoms with van der Waals surface area (Å²) in [7, 11) is 0. The average molecular weight is 182 g/mol. The van der Waals surface area contributed by atoms with E-state index in [9.17, 15) is 4.39 Å². The molecule has 1 aliphatic rings. The number of ether oxygens (including phenoxy) is 2. The van der Waals surface area contributed by atoms with Crippen molar-refractivity contribution < 1.29 is 13.9 Å². The third-order valence-corrected chi connectivity index (χ3v) is 2.08. The fraction of sp³-hybridized carbons (Fsp3) is 0.400. The van der Waals surface area contributed by atoms with E-state index in [0.717, 1.165) is 6.42 Å². The van der Waals surface area contributed by atoms with Gasteiger partial charge < -0.3 is 9.47 Å². The highest BCUT2D eigenvalue weighted by molar-refractivity contribution is 5.41. The molecule has 1 aromatic carbocycles. The Morgan fingerprint density at radius 3 is 3.08 bits per heavy atom. The lowest BCUT2D eigenvalue weighted by atomic mass is 10.2. The lowest BCUT2D eigenvalue weighted by molar-refractivity contribution is 0.0879. The summed E-state index contributed by atoms with van der Waals surface area (Å²) in [6, 6.07) is 4.32. The smallest absolute Gasteiger partial charge is 0.164 e. The molecule has 1 aliphatic heterocycles. The second-order valence-corrected chi connectivity index (χ2v) is 3.05. The number of rotatable bonds is 1. The molecule has 0 bridgehead atoms. The molecule has 0 N–H and O–H groups in total. The third kappa shape index (κ3) is 1.59. The number of hydrogen-bond acceptors (Lipinski definition) is 2. The molecule has 1 aromatic rings. The molecule has 1 atom stereocenters. The van der Waals surface area contributed by atoms with Crippen molar-refractivity contribution in [2.75, 3.05) is 6.61 Å². The SMILES string of the molecule is CC[C@H]1COc2ccc(F)cc2O1. The van der Waals surface area contributed by atoms with Crippen LogP contribution in [0.5, 0.6) is 11.5 Å². The quantitative estimate of drug-likeness (QED) is 0.663. The van der Waals surface area contributed by atoms with E-state index in [1.807, 2.05) is 6.92 Å². The van der Waals surface area contributed by atoms with Gasteiger partial charge in [0.15, 0.2) is 11.5 Å². The minimum absolute atomic E-state index is 0.0503. The Labute approximate surface area is 76.3 Å². The van der Waals surface area contributed by atoms with Gasteiger partial charge in [-0.1, -0.05) is 6.92 Å². The van der Waals surface area contributed by atoms with Crippen LogP contribution in [0.2, 0.25) is 0 Å². The maximum absolute atomic E-state index is 12.8. The molecule has 0 amide bonds. The van der Waals surface area contributed by atoms with Crippen molar-refractivity contribution in [3.63, 3.8) is 0 Å². The molecular weight excluding hydrogens is 171 g/mol. The standard InChI is InChI=1S/C10H11FO2/c1-2-8-6-12-9-4-3-7(11)5-10(9)13-8/h3-5,8H,2,6H2,1H3/t8-/m0/s1. The summed E-state index contributed by atoms with van der Waals surface area (Å²) < 4.78 is 23.7. The molecule has 1 heterocycles. The van der Waals surface area contributed by atoms with Crippen LogP contribution in [0.1, 0.15) is 13.3 Å². The van der Waals surface area contributed by atoms with Gasteiger partial charge in [0.05, 0.1) is 0 Å². The summed E-state index contributed by atoms with van der Waals surface area (Å²) >= 11 is 0. The third-order valence-electron chi connectivity index (χ3n) is 2.08. The van der Waals surface area contributed by atoms with E-state index in [0.29, 0.717) is 18.1 Å². The highest BCUT2D eigenvalue weighted by Gasteiger charge is 2.19. The Morgan fingerprint density at radius 1 is 1.46 bits per heavy atom. The zero-order valence-corrected chi connectivity index (χ0v) is 7.42. The van der Waals surface area contributed by atoms with Gasteiger partial charge in [0.1, 0.15) is 18.5 Å². The van der Waals surface area contributed by atoms with Crippen LogP contribution in [0.4, 0.5) is 4.39 Å². The number of hydrogen-bond donors (Lipinski definition) is 0. The average Bonchev–Trinajstić information content (AvgIpc) is 2.16. The molecule has 70 valence electrons. The molecule has 0 unspecified atom stereocenters. The fourth-order valence-corrected chi connectivity index (χ4v) is 1.29. The van der Waals surface area contributed by atoms with Gasteiger partial charge >= 0.3 is 0 Å². The first kappa shape index (κ1) is 8.35. The summed E-state index contributed by atoms with van der Waals surface area (Å²) in [4.78, 5) is 0.